The van der Waals surface area contributed by atoms with Crippen LogP contribution in [-0.2, 0) is 11.3 Å². The first-order valence-corrected chi connectivity index (χ1v) is 6.71. The molecule has 1 N–H and O–H groups in total. The van der Waals surface area contributed by atoms with Gasteiger partial charge in [0.15, 0.2) is 4.77 Å². The second-order valence-corrected chi connectivity index (χ2v) is 5.97. The molecule has 5 heteroatoms. The van der Waals surface area contributed by atoms with Gasteiger partial charge < -0.3 is 14.3 Å². The van der Waals surface area contributed by atoms with Crippen LogP contribution in [0.15, 0.2) is 18.2 Å². The van der Waals surface area contributed by atoms with Crippen LogP contribution in [0, 0.1) is 16.0 Å². The predicted molar refractivity (Wildman–Crippen MR) is 77.4 cm³/mol. The topological polar surface area (TPSA) is 29.9 Å². The fourth-order valence-corrected chi connectivity index (χ4v) is 2.44. The molecule has 0 amide bonds. The Morgan fingerprint density at radius 2 is 2.16 bits per heavy atom. The van der Waals surface area contributed by atoms with Crippen LogP contribution in [-0.4, -0.2) is 23.3 Å². The van der Waals surface area contributed by atoms with Crippen LogP contribution in [0.5, 0.6) is 0 Å². The van der Waals surface area contributed by atoms with E-state index in [0.29, 0.717) is 11.4 Å². The van der Waals surface area contributed by atoms with Crippen molar-refractivity contribution in [2.24, 2.45) is 5.41 Å². The van der Waals surface area contributed by atoms with E-state index in [1.165, 1.54) is 12.1 Å². The minimum absolute atomic E-state index is 0.0374. The third-order valence-electron chi connectivity index (χ3n) is 3.31. The summed E-state index contributed by atoms with van der Waals surface area (Å²) in [4.78, 5) is 3.11. The van der Waals surface area contributed by atoms with Gasteiger partial charge in [0.05, 0.1) is 11.0 Å². The van der Waals surface area contributed by atoms with Gasteiger partial charge in [-0.05, 0) is 42.3 Å². The van der Waals surface area contributed by atoms with Gasteiger partial charge in [0, 0.05) is 20.3 Å². The third-order valence-corrected chi connectivity index (χ3v) is 3.63. The first kappa shape index (κ1) is 14.2. The number of rotatable bonds is 5. The highest BCUT2D eigenvalue weighted by Crippen LogP contribution is 2.26. The quantitative estimate of drug-likeness (QED) is 0.843. The Kier molecular flexibility index (Phi) is 4.06. The number of aromatic nitrogens is 2. The molecule has 104 valence electrons. The summed E-state index contributed by atoms with van der Waals surface area (Å²) in [7, 11) is 1.70. The van der Waals surface area contributed by atoms with Crippen molar-refractivity contribution in [2.45, 2.75) is 26.8 Å². The Bertz CT molecular complexity index is 630. The van der Waals surface area contributed by atoms with E-state index in [9.17, 15) is 4.39 Å². The van der Waals surface area contributed by atoms with Gasteiger partial charge in [-0.2, -0.15) is 0 Å². The second kappa shape index (κ2) is 5.43. The molecule has 0 bridgehead atoms. The Morgan fingerprint density at radius 1 is 1.42 bits per heavy atom. The van der Waals surface area contributed by atoms with Gasteiger partial charge in [0.2, 0.25) is 0 Å². The van der Waals surface area contributed by atoms with E-state index >= 15 is 0 Å². The highest BCUT2D eigenvalue weighted by molar-refractivity contribution is 7.71. The largest absolute Gasteiger partial charge is 0.385 e. The summed E-state index contributed by atoms with van der Waals surface area (Å²) in [6.07, 6.45) is 0.924. The molecule has 0 radical (unpaired) electrons. The van der Waals surface area contributed by atoms with Crippen LogP contribution in [0.4, 0.5) is 4.39 Å². The molecule has 3 nitrogen and oxygen atoms in total. The van der Waals surface area contributed by atoms with Crippen molar-refractivity contribution in [1.29, 1.82) is 0 Å². The maximum atomic E-state index is 13.4. The minimum Gasteiger partial charge on any atom is -0.385 e. The zero-order valence-electron chi connectivity index (χ0n) is 11.5. The van der Waals surface area contributed by atoms with Crippen LogP contribution in [0.3, 0.4) is 0 Å². The molecule has 19 heavy (non-hydrogen) atoms. The van der Waals surface area contributed by atoms with Crippen molar-refractivity contribution < 1.29 is 9.13 Å². The first-order valence-electron chi connectivity index (χ1n) is 6.30. The molecule has 1 aromatic carbocycles. The normalized spacial score (nSPS) is 12.2. The monoisotopic (exact) mass is 282 g/mol. The van der Waals surface area contributed by atoms with E-state index in [-0.39, 0.29) is 11.2 Å². The molecule has 0 saturated heterocycles. The Labute approximate surface area is 117 Å². The molecule has 1 aromatic heterocycles. The van der Waals surface area contributed by atoms with Crippen molar-refractivity contribution in [3.05, 3.63) is 28.8 Å². The second-order valence-electron chi connectivity index (χ2n) is 5.58. The summed E-state index contributed by atoms with van der Waals surface area (Å²) in [5.74, 6) is -0.245. The van der Waals surface area contributed by atoms with Gasteiger partial charge in [-0.25, -0.2) is 4.39 Å². The van der Waals surface area contributed by atoms with E-state index in [2.05, 4.69) is 18.8 Å². The molecule has 2 aromatic rings. The molecular formula is C14H19FN2OS. The van der Waals surface area contributed by atoms with E-state index in [1.807, 2.05) is 4.57 Å². The predicted octanol–water partition coefficient (Wildman–Crippen LogP) is 3.90. The number of hydrogen-bond acceptors (Lipinski definition) is 2. The lowest BCUT2D eigenvalue weighted by atomic mass is 9.89. The molecule has 0 aliphatic rings. The molecule has 0 spiro atoms. The number of ether oxygens (including phenoxy) is 1. The summed E-state index contributed by atoms with van der Waals surface area (Å²) in [6.45, 7) is 5.76. The molecule has 1 heterocycles. The average molecular weight is 282 g/mol. The number of H-pyrrole nitrogens is 1. The minimum atomic E-state index is -0.245. The number of halogens is 1. The SMILES string of the molecule is COCCC(C)(C)Cn1c(=S)[nH]c2ccc(F)cc21. The van der Waals surface area contributed by atoms with Gasteiger partial charge in [-0.15, -0.1) is 0 Å². The lowest BCUT2D eigenvalue weighted by molar-refractivity contribution is 0.143. The van der Waals surface area contributed by atoms with Gasteiger partial charge >= 0.3 is 0 Å². The Morgan fingerprint density at radius 3 is 2.84 bits per heavy atom. The number of methoxy groups -OCH3 is 1. The van der Waals surface area contributed by atoms with Crippen molar-refractivity contribution in [3.63, 3.8) is 0 Å². The van der Waals surface area contributed by atoms with Crippen LogP contribution in [0.1, 0.15) is 20.3 Å². The zero-order valence-corrected chi connectivity index (χ0v) is 12.3. The molecule has 0 fully saturated rings. The molecule has 0 unspecified atom stereocenters. The van der Waals surface area contributed by atoms with E-state index in [1.54, 1.807) is 13.2 Å². The van der Waals surface area contributed by atoms with Crippen molar-refractivity contribution in [2.75, 3.05) is 13.7 Å². The summed E-state index contributed by atoms with van der Waals surface area (Å²) >= 11 is 5.33. The van der Waals surface area contributed by atoms with Crippen LogP contribution in [0.25, 0.3) is 11.0 Å². The smallest absolute Gasteiger partial charge is 0.178 e. The zero-order chi connectivity index (χ0) is 14.0. The first-order chi connectivity index (χ1) is 8.93. The molecule has 2 rings (SSSR count). The number of nitrogens with zero attached hydrogens (tertiary/aromatic N) is 1. The third kappa shape index (κ3) is 3.22. The standard InChI is InChI=1S/C14H19FN2OS/c1-14(2,6-7-18-3)9-17-12-8-10(15)4-5-11(12)16-13(17)19/h4-5,8H,6-7,9H2,1-3H3,(H,16,19). The van der Waals surface area contributed by atoms with Crippen LogP contribution >= 0.6 is 12.2 Å². The van der Waals surface area contributed by atoms with Crippen LogP contribution < -0.4 is 0 Å². The van der Waals surface area contributed by atoms with Crippen molar-refractivity contribution in [1.82, 2.24) is 9.55 Å². The molecule has 0 aliphatic carbocycles. The van der Waals surface area contributed by atoms with Crippen molar-refractivity contribution in [3.8, 4) is 0 Å². The number of imidazole rings is 1. The lowest BCUT2D eigenvalue weighted by Crippen LogP contribution is -2.21. The Hall–Kier alpha value is -1.20. The Balaban J connectivity index is 2.37. The van der Waals surface area contributed by atoms with Gasteiger partial charge in [0.25, 0.3) is 0 Å². The lowest BCUT2D eigenvalue weighted by Gasteiger charge is -2.25. The summed E-state index contributed by atoms with van der Waals surface area (Å²) in [6, 6.07) is 4.68. The van der Waals surface area contributed by atoms with E-state index in [0.717, 1.165) is 24.0 Å². The summed E-state index contributed by atoms with van der Waals surface area (Å²) in [5, 5.41) is 0. The number of fused-ring (bicyclic) bond motifs is 1. The molecular weight excluding hydrogens is 263 g/mol. The number of benzene rings is 1. The highest BCUT2D eigenvalue weighted by atomic mass is 32.1. The molecule has 0 aliphatic heterocycles. The average Bonchev–Trinajstić information content (AvgIpc) is 2.63. The van der Waals surface area contributed by atoms with E-state index < -0.39 is 0 Å². The maximum Gasteiger partial charge on any atom is 0.178 e. The fraction of sp³-hybridized carbons (Fsp3) is 0.500. The summed E-state index contributed by atoms with van der Waals surface area (Å²) < 4.78 is 21.1. The number of aromatic amines is 1. The molecule has 0 atom stereocenters. The number of hydrogen-bond donors (Lipinski definition) is 1. The highest BCUT2D eigenvalue weighted by Gasteiger charge is 2.20. The van der Waals surface area contributed by atoms with Gasteiger partial charge in [-0.1, -0.05) is 13.8 Å². The maximum absolute atomic E-state index is 13.4. The molecule has 0 saturated carbocycles. The van der Waals surface area contributed by atoms with Crippen molar-refractivity contribution >= 4 is 23.3 Å². The fourth-order valence-electron chi connectivity index (χ4n) is 2.17. The number of nitrogens with one attached hydrogen (secondary N) is 1. The van der Waals surface area contributed by atoms with Gasteiger partial charge in [-0.3, -0.25) is 0 Å². The van der Waals surface area contributed by atoms with Gasteiger partial charge in [0.1, 0.15) is 5.82 Å². The van der Waals surface area contributed by atoms with E-state index in [4.69, 9.17) is 17.0 Å². The summed E-state index contributed by atoms with van der Waals surface area (Å²) in [5.41, 5.74) is 1.72. The van der Waals surface area contributed by atoms with Crippen LogP contribution in [0.2, 0.25) is 0 Å².